The largest absolute Gasteiger partial charge is 0.494 e. The Morgan fingerprint density at radius 2 is 2.08 bits per heavy atom. The number of methoxy groups -OCH3 is 1. The first-order valence-corrected chi connectivity index (χ1v) is 8.81. The van der Waals surface area contributed by atoms with E-state index in [1.165, 1.54) is 5.56 Å². The summed E-state index contributed by atoms with van der Waals surface area (Å²) in [6.45, 7) is 4.26. The molecule has 0 aliphatic heterocycles. The number of amides is 1. The fraction of sp³-hybridized carbons (Fsp3) is 0.263. The number of carbonyl (C=O) groups is 1. The van der Waals surface area contributed by atoms with Gasteiger partial charge in [-0.3, -0.25) is 4.79 Å². The van der Waals surface area contributed by atoms with Gasteiger partial charge >= 0.3 is 0 Å². The van der Waals surface area contributed by atoms with Crippen LogP contribution in [0.15, 0.2) is 36.4 Å². The van der Waals surface area contributed by atoms with E-state index in [1.807, 2.05) is 56.1 Å². The minimum absolute atomic E-state index is 0.0688. The summed E-state index contributed by atoms with van der Waals surface area (Å²) in [5.74, 6) is 0.675. The molecule has 130 valence electrons. The fourth-order valence-electron chi connectivity index (χ4n) is 2.67. The number of nitrogens with one attached hydrogen (secondary N) is 1. The lowest BCUT2D eigenvalue weighted by Crippen LogP contribution is -2.30. The zero-order valence-electron chi connectivity index (χ0n) is 14.8. The molecular formula is C19H21N3O2S. The molecule has 25 heavy (non-hydrogen) atoms. The van der Waals surface area contributed by atoms with Crippen LogP contribution in [-0.4, -0.2) is 31.6 Å². The maximum Gasteiger partial charge on any atom is 0.243 e. The van der Waals surface area contributed by atoms with Crippen molar-refractivity contribution < 1.29 is 9.53 Å². The Bertz CT molecular complexity index is 920. The van der Waals surface area contributed by atoms with E-state index >= 15 is 0 Å². The van der Waals surface area contributed by atoms with Gasteiger partial charge < -0.3 is 15.0 Å². The topological polar surface area (TPSA) is 54.5 Å². The Hall–Kier alpha value is -2.60. The number of nitrogens with zero attached hydrogens (tertiary/aromatic N) is 2. The van der Waals surface area contributed by atoms with Gasteiger partial charge in [0.15, 0.2) is 5.13 Å². The molecule has 0 bridgehead atoms. The average Bonchev–Trinajstić information content (AvgIpc) is 3.01. The average molecular weight is 355 g/mol. The highest BCUT2D eigenvalue weighted by atomic mass is 32.1. The van der Waals surface area contributed by atoms with Crippen LogP contribution < -0.4 is 15.0 Å². The number of para-hydroxylation sites is 1. The normalized spacial score (nSPS) is 10.7. The molecule has 0 saturated carbocycles. The van der Waals surface area contributed by atoms with Crippen LogP contribution in [0.3, 0.4) is 0 Å². The molecule has 3 aromatic rings. The van der Waals surface area contributed by atoms with Gasteiger partial charge in [-0.05, 0) is 37.6 Å². The molecule has 1 aromatic heterocycles. The minimum Gasteiger partial charge on any atom is -0.494 e. The van der Waals surface area contributed by atoms with Gasteiger partial charge in [0, 0.05) is 12.7 Å². The van der Waals surface area contributed by atoms with Gasteiger partial charge in [0.1, 0.15) is 11.3 Å². The van der Waals surface area contributed by atoms with Gasteiger partial charge in [-0.2, -0.15) is 0 Å². The van der Waals surface area contributed by atoms with Crippen LogP contribution in [0.2, 0.25) is 0 Å². The molecule has 1 N–H and O–H groups in total. The lowest BCUT2D eigenvalue weighted by molar-refractivity contribution is -0.114. The summed E-state index contributed by atoms with van der Waals surface area (Å²) in [6.07, 6.45) is 0. The molecular weight excluding hydrogens is 334 g/mol. The summed E-state index contributed by atoms with van der Waals surface area (Å²) in [6, 6.07) is 11.8. The lowest BCUT2D eigenvalue weighted by Gasteiger charge is -2.16. The van der Waals surface area contributed by atoms with Gasteiger partial charge in [0.2, 0.25) is 5.91 Å². The number of hydrogen-bond acceptors (Lipinski definition) is 5. The number of benzene rings is 2. The van der Waals surface area contributed by atoms with Crippen LogP contribution in [0.1, 0.15) is 11.1 Å². The quantitative estimate of drug-likeness (QED) is 0.752. The molecule has 0 saturated heterocycles. The Balaban J connectivity index is 1.73. The lowest BCUT2D eigenvalue weighted by atomic mass is 10.1. The van der Waals surface area contributed by atoms with Gasteiger partial charge in [-0.1, -0.05) is 35.1 Å². The summed E-state index contributed by atoms with van der Waals surface area (Å²) >= 11 is 1.54. The van der Waals surface area contributed by atoms with E-state index in [1.54, 1.807) is 18.4 Å². The van der Waals surface area contributed by atoms with Gasteiger partial charge in [-0.25, -0.2) is 4.98 Å². The third kappa shape index (κ3) is 3.74. The first kappa shape index (κ1) is 17.2. The molecule has 0 spiro atoms. The zero-order chi connectivity index (χ0) is 18.0. The van der Waals surface area contributed by atoms with Crippen LogP contribution in [0.5, 0.6) is 5.75 Å². The van der Waals surface area contributed by atoms with E-state index in [0.717, 1.165) is 32.3 Å². The monoisotopic (exact) mass is 355 g/mol. The molecule has 0 atom stereocenters. The van der Waals surface area contributed by atoms with Crippen molar-refractivity contribution in [3.05, 3.63) is 47.5 Å². The number of hydrogen-bond donors (Lipinski definition) is 1. The van der Waals surface area contributed by atoms with E-state index in [0.29, 0.717) is 0 Å². The number of aromatic nitrogens is 1. The first-order valence-electron chi connectivity index (χ1n) is 7.99. The molecule has 1 heterocycles. The smallest absolute Gasteiger partial charge is 0.243 e. The SMILES string of the molecule is COc1cccc2sc(N(C)CC(=O)Nc3ccc(C)cc3C)nc12. The first-order chi connectivity index (χ1) is 12.0. The molecule has 1 amide bonds. The van der Waals surface area contributed by atoms with Crippen molar-refractivity contribution in [1.82, 2.24) is 4.98 Å². The summed E-state index contributed by atoms with van der Waals surface area (Å²) in [4.78, 5) is 18.8. The molecule has 5 nitrogen and oxygen atoms in total. The Labute approximate surface area is 151 Å². The standard InChI is InChI=1S/C19H21N3O2S/c1-12-8-9-14(13(2)10-12)20-17(23)11-22(3)19-21-18-15(24-4)6-5-7-16(18)25-19/h5-10H,11H2,1-4H3,(H,20,23). The maximum absolute atomic E-state index is 12.4. The van der Waals surface area contributed by atoms with E-state index in [4.69, 9.17) is 4.74 Å². The highest BCUT2D eigenvalue weighted by Crippen LogP contribution is 2.33. The van der Waals surface area contributed by atoms with Crippen LogP contribution in [-0.2, 0) is 4.79 Å². The van der Waals surface area contributed by atoms with Crippen LogP contribution in [0.4, 0.5) is 10.8 Å². The molecule has 2 aromatic carbocycles. The van der Waals surface area contributed by atoms with E-state index in [2.05, 4.69) is 16.4 Å². The van der Waals surface area contributed by atoms with Crippen molar-refractivity contribution >= 4 is 38.3 Å². The van der Waals surface area contributed by atoms with Crippen molar-refractivity contribution in [3.8, 4) is 5.75 Å². The number of ether oxygens (including phenoxy) is 1. The fourth-order valence-corrected chi connectivity index (χ4v) is 3.61. The number of rotatable bonds is 5. The summed E-state index contributed by atoms with van der Waals surface area (Å²) < 4.78 is 6.39. The molecule has 0 aliphatic carbocycles. The van der Waals surface area contributed by atoms with Crippen molar-refractivity contribution in [2.24, 2.45) is 0 Å². The second-order valence-corrected chi connectivity index (χ2v) is 7.04. The summed E-state index contributed by atoms with van der Waals surface area (Å²) in [7, 11) is 3.50. The highest BCUT2D eigenvalue weighted by Gasteiger charge is 2.14. The molecule has 3 rings (SSSR count). The predicted octanol–water partition coefficient (Wildman–Crippen LogP) is 4.00. The molecule has 6 heteroatoms. The number of anilines is 2. The van der Waals surface area contributed by atoms with Crippen LogP contribution >= 0.6 is 11.3 Å². The van der Waals surface area contributed by atoms with Gasteiger partial charge in [0.25, 0.3) is 0 Å². The molecule has 0 fully saturated rings. The number of thiazole rings is 1. The number of likely N-dealkylation sites (N-methyl/N-ethyl adjacent to an activating group) is 1. The van der Waals surface area contributed by atoms with Gasteiger partial charge in [-0.15, -0.1) is 0 Å². The second kappa shape index (κ2) is 7.11. The third-order valence-electron chi connectivity index (χ3n) is 3.95. The second-order valence-electron chi connectivity index (χ2n) is 6.03. The van der Waals surface area contributed by atoms with Crippen LogP contribution in [0.25, 0.3) is 10.2 Å². The summed E-state index contributed by atoms with van der Waals surface area (Å²) in [5.41, 5.74) is 3.90. The van der Waals surface area contributed by atoms with Crippen LogP contribution in [0, 0.1) is 13.8 Å². The number of aryl methyl sites for hydroxylation is 2. The van der Waals surface area contributed by atoms with E-state index in [-0.39, 0.29) is 12.5 Å². The number of carbonyl (C=O) groups excluding carboxylic acids is 1. The summed E-state index contributed by atoms with van der Waals surface area (Å²) in [5, 5.41) is 3.75. The Kier molecular flexibility index (Phi) is 4.90. The third-order valence-corrected chi connectivity index (χ3v) is 5.09. The molecule has 0 radical (unpaired) electrons. The van der Waals surface area contributed by atoms with Crippen molar-refractivity contribution in [1.29, 1.82) is 0 Å². The zero-order valence-corrected chi connectivity index (χ0v) is 15.6. The predicted molar refractivity (Wildman–Crippen MR) is 104 cm³/mol. The highest BCUT2D eigenvalue weighted by molar-refractivity contribution is 7.22. The van der Waals surface area contributed by atoms with Crippen molar-refractivity contribution in [2.45, 2.75) is 13.8 Å². The molecule has 0 aliphatic rings. The molecule has 0 unspecified atom stereocenters. The van der Waals surface area contributed by atoms with Crippen molar-refractivity contribution in [3.63, 3.8) is 0 Å². The Morgan fingerprint density at radius 3 is 2.80 bits per heavy atom. The Morgan fingerprint density at radius 1 is 1.28 bits per heavy atom. The number of fused-ring (bicyclic) bond motifs is 1. The minimum atomic E-state index is -0.0688. The maximum atomic E-state index is 12.4. The van der Waals surface area contributed by atoms with E-state index < -0.39 is 0 Å². The van der Waals surface area contributed by atoms with Crippen molar-refractivity contribution in [2.75, 3.05) is 30.9 Å². The van der Waals surface area contributed by atoms with E-state index in [9.17, 15) is 4.79 Å². The van der Waals surface area contributed by atoms with Gasteiger partial charge in [0.05, 0.1) is 18.4 Å².